The standard InChI is InChI=1S/C31H30F2N2O3/c1-4-31(32,33)25-14-10-13-24(20-25)30(28-15-8-9-18-34-28,21-22-11-6-5-7-12-22)35-29(36)23-16-17-26(37-2)27(19-23)38-3/h5-20H,4,21H2,1-3H3,(H,35,36). The summed E-state index contributed by atoms with van der Waals surface area (Å²) in [5, 5.41) is 3.17. The molecule has 4 rings (SSSR count). The van der Waals surface area contributed by atoms with Crippen LogP contribution in [-0.2, 0) is 17.9 Å². The Morgan fingerprint density at radius 2 is 1.55 bits per heavy atom. The highest BCUT2D eigenvalue weighted by molar-refractivity contribution is 5.95. The molecule has 1 atom stereocenters. The van der Waals surface area contributed by atoms with Gasteiger partial charge in [0, 0.05) is 30.2 Å². The first-order valence-corrected chi connectivity index (χ1v) is 12.3. The molecular formula is C31H30F2N2O3. The van der Waals surface area contributed by atoms with E-state index in [4.69, 9.17) is 9.47 Å². The van der Waals surface area contributed by atoms with Gasteiger partial charge in [0.25, 0.3) is 11.8 Å². The highest BCUT2D eigenvalue weighted by atomic mass is 19.3. The second-order valence-corrected chi connectivity index (χ2v) is 8.95. The monoisotopic (exact) mass is 516 g/mol. The molecule has 7 heteroatoms. The molecule has 1 heterocycles. The van der Waals surface area contributed by atoms with Crippen LogP contribution in [-0.4, -0.2) is 25.1 Å². The van der Waals surface area contributed by atoms with Gasteiger partial charge >= 0.3 is 0 Å². The number of nitrogens with zero attached hydrogens (tertiary/aromatic N) is 1. The largest absolute Gasteiger partial charge is 0.493 e. The Morgan fingerprint density at radius 1 is 0.842 bits per heavy atom. The summed E-state index contributed by atoms with van der Waals surface area (Å²) in [5.41, 5.74) is 0.872. The summed E-state index contributed by atoms with van der Waals surface area (Å²) >= 11 is 0. The number of aromatic nitrogens is 1. The third-order valence-corrected chi connectivity index (χ3v) is 6.61. The molecular weight excluding hydrogens is 486 g/mol. The molecule has 196 valence electrons. The Kier molecular flexibility index (Phi) is 8.05. The van der Waals surface area contributed by atoms with E-state index in [0.717, 1.165) is 5.56 Å². The Morgan fingerprint density at radius 3 is 2.21 bits per heavy atom. The van der Waals surface area contributed by atoms with Gasteiger partial charge in [-0.1, -0.05) is 61.5 Å². The zero-order chi connectivity index (χ0) is 27.2. The number of hydrogen-bond donors (Lipinski definition) is 1. The second-order valence-electron chi connectivity index (χ2n) is 8.95. The first kappa shape index (κ1) is 26.8. The summed E-state index contributed by atoms with van der Waals surface area (Å²) in [7, 11) is 3.01. The van der Waals surface area contributed by atoms with Gasteiger partial charge in [0.05, 0.1) is 19.9 Å². The lowest BCUT2D eigenvalue weighted by Crippen LogP contribution is -2.49. The van der Waals surface area contributed by atoms with E-state index in [1.165, 1.54) is 33.3 Å². The highest BCUT2D eigenvalue weighted by Gasteiger charge is 2.40. The quantitative estimate of drug-likeness (QED) is 0.261. The number of carbonyl (C=O) groups excluding carboxylic acids is 1. The number of rotatable bonds is 10. The van der Waals surface area contributed by atoms with Gasteiger partial charge in [0.1, 0.15) is 5.54 Å². The zero-order valence-electron chi connectivity index (χ0n) is 21.6. The molecule has 0 fully saturated rings. The smallest absolute Gasteiger partial charge is 0.273 e. The molecule has 0 saturated heterocycles. The van der Waals surface area contributed by atoms with E-state index in [-0.39, 0.29) is 18.4 Å². The molecule has 4 aromatic rings. The molecule has 1 unspecified atom stereocenters. The normalized spacial score (nSPS) is 12.9. The molecule has 1 N–H and O–H groups in total. The lowest BCUT2D eigenvalue weighted by atomic mass is 9.79. The average molecular weight is 517 g/mol. The highest BCUT2D eigenvalue weighted by Crippen LogP contribution is 2.38. The van der Waals surface area contributed by atoms with Gasteiger partial charge in [0.2, 0.25) is 0 Å². The summed E-state index contributed by atoms with van der Waals surface area (Å²) in [4.78, 5) is 18.4. The van der Waals surface area contributed by atoms with Crippen molar-refractivity contribution in [3.63, 3.8) is 0 Å². The zero-order valence-corrected chi connectivity index (χ0v) is 21.6. The molecule has 0 bridgehead atoms. The van der Waals surface area contributed by atoms with Crippen LogP contribution in [0.5, 0.6) is 11.5 Å². The maximum absolute atomic E-state index is 14.8. The van der Waals surface area contributed by atoms with Crippen LogP contribution >= 0.6 is 0 Å². The average Bonchev–Trinajstić information content (AvgIpc) is 2.97. The lowest BCUT2D eigenvalue weighted by molar-refractivity contribution is -0.00842. The first-order chi connectivity index (χ1) is 18.3. The summed E-state index contributed by atoms with van der Waals surface area (Å²) < 4.78 is 40.4. The van der Waals surface area contributed by atoms with Crippen molar-refractivity contribution >= 4 is 5.91 Å². The van der Waals surface area contributed by atoms with Gasteiger partial charge in [-0.15, -0.1) is 0 Å². The van der Waals surface area contributed by atoms with Crippen molar-refractivity contribution in [2.24, 2.45) is 0 Å². The van der Waals surface area contributed by atoms with Crippen molar-refractivity contribution in [2.75, 3.05) is 14.2 Å². The molecule has 3 aromatic carbocycles. The molecule has 0 radical (unpaired) electrons. The Bertz CT molecular complexity index is 1380. The molecule has 0 aliphatic rings. The van der Waals surface area contributed by atoms with E-state index in [0.29, 0.717) is 28.3 Å². The van der Waals surface area contributed by atoms with E-state index in [2.05, 4.69) is 10.3 Å². The van der Waals surface area contributed by atoms with E-state index in [1.807, 2.05) is 36.4 Å². The number of carbonyl (C=O) groups is 1. The number of pyridine rings is 1. The molecule has 0 aliphatic carbocycles. The predicted octanol–water partition coefficient (Wildman–Crippen LogP) is 6.52. The Hall–Kier alpha value is -4.26. The number of benzene rings is 3. The van der Waals surface area contributed by atoms with Crippen LogP contribution in [0.15, 0.2) is 97.2 Å². The van der Waals surface area contributed by atoms with Crippen LogP contribution in [0.3, 0.4) is 0 Å². The fraction of sp³-hybridized carbons (Fsp3) is 0.226. The van der Waals surface area contributed by atoms with Crippen LogP contribution in [0.2, 0.25) is 0 Å². The SMILES string of the molecule is CCC(F)(F)c1cccc(C(Cc2ccccc2)(NC(=O)c2ccc(OC)c(OC)c2)c2ccccn2)c1. The number of halogens is 2. The van der Waals surface area contributed by atoms with Crippen molar-refractivity contribution in [2.45, 2.75) is 31.2 Å². The van der Waals surface area contributed by atoms with Gasteiger partial charge in [-0.2, -0.15) is 0 Å². The number of methoxy groups -OCH3 is 2. The predicted molar refractivity (Wildman–Crippen MR) is 143 cm³/mol. The lowest BCUT2D eigenvalue weighted by Gasteiger charge is -2.36. The van der Waals surface area contributed by atoms with Gasteiger partial charge < -0.3 is 14.8 Å². The topological polar surface area (TPSA) is 60.5 Å². The van der Waals surface area contributed by atoms with Gasteiger partial charge in [0.15, 0.2) is 11.5 Å². The summed E-state index contributed by atoms with van der Waals surface area (Å²) in [5.74, 6) is -2.55. The number of amides is 1. The van der Waals surface area contributed by atoms with Crippen LogP contribution < -0.4 is 14.8 Å². The number of ether oxygens (including phenoxy) is 2. The van der Waals surface area contributed by atoms with Crippen LogP contribution in [0.4, 0.5) is 8.78 Å². The maximum Gasteiger partial charge on any atom is 0.273 e. The number of hydrogen-bond acceptors (Lipinski definition) is 4. The Balaban J connectivity index is 1.91. The minimum Gasteiger partial charge on any atom is -0.493 e. The third-order valence-electron chi connectivity index (χ3n) is 6.61. The Labute approximate surface area is 221 Å². The van der Waals surface area contributed by atoms with E-state index in [9.17, 15) is 13.6 Å². The van der Waals surface area contributed by atoms with Crippen molar-refractivity contribution < 1.29 is 23.0 Å². The molecule has 1 aromatic heterocycles. The van der Waals surface area contributed by atoms with Crippen molar-refractivity contribution in [3.8, 4) is 11.5 Å². The number of alkyl halides is 2. The summed E-state index contributed by atoms with van der Waals surface area (Å²) in [6.07, 6.45) is 1.57. The van der Waals surface area contributed by atoms with E-state index in [1.54, 1.807) is 48.7 Å². The summed E-state index contributed by atoms with van der Waals surface area (Å²) in [6, 6.07) is 26.0. The molecule has 5 nitrogen and oxygen atoms in total. The molecule has 0 aliphatic heterocycles. The van der Waals surface area contributed by atoms with Crippen molar-refractivity contribution in [1.29, 1.82) is 0 Å². The number of nitrogens with one attached hydrogen (secondary N) is 1. The molecule has 1 amide bonds. The first-order valence-electron chi connectivity index (χ1n) is 12.3. The van der Waals surface area contributed by atoms with Crippen molar-refractivity contribution in [1.82, 2.24) is 10.3 Å². The fourth-order valence-electron chi connectivity index (χ4n) is 4.50. The fourth-order valence-corrected chi connectivity index (χ4v) is 4.50. The second kappa shape index (κ2) is 11.4. The van der Waals surface area contributed by atoms with E-state index < -0.39 is 17.4 Å². The minimum absolute atomic E-state index is 0.119. The molecule has 0 spiro atoms. The molecule has 38 heavy (non-hydrogen) atoms. The van der Waals surface area contributed by atoms with Crippen LogP contribution in [0.1, 0.15) is 46.1 Å². The van der Waals surface area contributed by atoms with Gasteiger partial charge in [-0.05, 0) is 47.5 Å². The third kappa shape index (κ3) is 5.52. The van der Waals surface area contributed by atoms with Crippen molar-refractivity contribution in [3.05, 3.63) is 125 Å². The van der Waals surface area contributed by atoms with Gasteiger partial charge in [-0.3, -0.25) is 9.78 Å². The summed E-state index contributed by atoms with van der Waals surface area (Å²) in [6.45, 7) is 1.45. The van der Waals surface area contributed by atoms with E-state index >= 15 is 0 Å². The van der Waals surface area contributed by atoms with Crippen LogP contribution in [0, 0.1) is 0 Å². The van der Waals surface area contributed by atoms with Crippen LogP contribution in [0.25, 0.3) is 0 Å². The van der Waals surface area contributed by atoms with Gasteiger partial charge in [-0.25, -0.2) is 8.78 Å². The minimum atomic E-state index is -3.02. The maximum atomic E-state index is 14.8. The molecule has 0 saturated carbocycles.